The molecule has 112 valence electrons. The van der Waals surface area contributed by atoms with Crippen molar-refractivity contribution in [2.75, 3.05) is 13.3 Å². The third-order valence-electron chi connectivity index (χ3n) is 3.27. The van der Waals surface area contributed by atoms with E-state index in [1.807, 2.05) is 25.1 Å². The molecule has 1 aromatic rings. The summed E-state index contributed by atoms with van der Waals surface area (Å²) in [6, 6.07) is 5.82. The first-order valence-corrected chi connectivity index (χ1v) is 6.64. The van der Waals surface area contributed by atoms with E-state index in [4.69, 9.17) is 14.6 Å². The number of aliphatic hydroxyl groups is 1. The summed E-state index contributed by atoms with van der Waals surface area (Å²) >= 11 is 0. The van der Waals surface area contributed by atoms with Crippen molar-refractivity contribution in [3.8, 4) is 11.5 Å². The smallest absolute Gasteiger partial charge is 0.265 e. The Morgan fingerprint density at radius 2 is 2.05 bits per heavy atom. The van der Waals surface area contributed by atoms with Crippen LogP contribution in [0, 0.1) is 0 Å². The molecule has 4 nitrogen and oxygen atoms in total. The Morgan fingerprint density at radius 3 is 2.80 bits per heavy atom. The fourth-order valence-electron chi connectivity index (χ4n) is 1.99. The van der Waals surface area contributed by atoms with Crippen LogP contribution in [0.1, 0.15) is 18.9 Å². The van der Waals surface area contributed by atoms with Crippen LogP contribution in [-0.4, -0.2) is 37.0 Å². The lowest BCUT2D eigenvalue weighted by atomic mass is 10.1. The van der Waals surface area contributed by atoms with Crippen LogP contribution >= 0.6 is 0 Å². The van der Waals surface area contributed by atoms with Crippen molar-refractivity contribution in [3.05, 3.63) is 23.8 Å². The molecule has 0 saturated heterocycles. The number of aryl methyl sites for hydroxylation is 1. The quantitative estimate of drug-likeness (QED) is 0.805. The van der Waals surface area contributed by atoms with Crippen molar-refractivity contribution in [2.24, 2.45) is 0 Å². The van der Waals surface area contributed by atoms with E-state index in [2.05, 4.69) is 5.32 Å². The first kappa shape index (κ1) is 15.0. The Balaban J connectivity index is 1.74. The highest BCUT2D eigenvalue weighted by molar-refractivity contribution is 5.44. The van der Waals surface area contributed by atoms with Gasteiger partial charge in [-0.25, -0.2) is 8.78 Å². The van der Waals surface area contributed by atoms with Gasteiger partial charge in [0.05, 0.1) is 0 Å². The van der Waals surface area contributed by atoms with Gasteiger partial charge < -0.3 is 19.9 Å². The lowest BCUT2D eigenvalue weighted by Crippen LogP contribution is -2.37. The minimum absolute atomic E-state index is 0.0498. The minimum Gasteiger partial charge on any atom is -0.454 e. The average Bonchev–Trinajstić information content (AvgIpc) is 2.89. The van der Waals surface area contributed by atoms with Crippen molar-refractivity contribution in [2.45, 2.75) is 38.3 Å². The van der Waals surface area contributed by atoms with Crippen molar-refractivity contribution in [1.82, 2.24) is 5.32 Å². The van der Waals surface area contributed by atoms with Gasteiger partial charge in [0.1, 0.15) is 6.10 Å². The van der Waals surface area contributed by atoms with Crippen molar-refractivity contribution < 1.29 is 23.4 Å². The maximum absolute atomic E-state index is 12.1. The number of benzene rings is 1. The van der Waals surface area contributed by atoms with Crippen LogP contribution in [0.15, 0.2) is 18.2 Å². The normalized spacial score (nSPS) is 16.4. The van der Waals surface area contributed by atoms with Crippen molar-refractivity contribution in [3.63, 3.8) is 0 Å². The zero-order chi connectivity index (χ0) is 14.5. The van der Waals surface area contributed by atoms with Crippen molar-refractivity contribution in [1.29, 1.82) is 0 Å². The number of ether oxygens (including phenoxy) is 2. The molecule has 6 heteroatoms. The molecule has 0 spiro atoms. The van der Waals surface area contributed by atoms with E-state index in [0.717, 1.165) is 29.9 Å². The summed E-state index contributed by atoms with van der Waals surface area (Å²) in [4.78, 5) is 0. The third kappa shape index (κ3) is 4.05. The van der Waals surface area contributed by atoms with E-state index in [1.165, 1.54) is 0 Å². The maximum Gasteiger partial charge on any atom is 0.265 e. The van der Waals surface area contributed by atoms with Gasteiger partial charge in [-0.05, 0) is 37.5 Å². The van der Waals surface area contributed by atoms with E-state index in [0.29, 0.717) is 0 Å². The monoisotopic (exact) mass is 287 g/mol. The molecule has 0 radical (unpaired) electrons. The van der Waals surface area contributed by atoms with Gasteiger partial charge in [0, 0.05) is 12.6 Å². The number of hydrogen-bond donors (Lipinski definition) is 2. The molecule has 2 rings (SSSR count). The lowest BCUT2D eigenvalue weighted by molar-refractivity contribution is -0.00445. The molecule has 1 aliphatic heterocycles. The fourth-order valence-corrected chi connectivity index (χ4v) is 1.99. The van der Waals surface area contributed by atoms with E-state index >= 15 is 0 Å². The average molecular weight is 287 g/mol. The molecule has 1 aromatic carbocycles. The standard InChI is InChI=1S/C14H19F2NO3/c1-9(17-7-11(18)14(15)16)2-3-10-4-5-12-13(6-10)20-8-19-12/h4-6,9,11,14,17-18H,2-3,7-8H2,1H3. The molecule has 2 N–H and O–H groups in total. The van der Waals surface area contributed by atoms with E-state index < -0.39 is 12.5 Å². The number of halogens is 2. The Morgan fingerprint density at radius 1 is 1.30 bits per heavy atom. The van der Waals surface area contributed by atoms with Crippen LogP contribution < -0.4 is 14.8 Å². The topological polar surface area (TPSA) is 50.7 Å². The summed E-state index contributed by atoms with van der Waals surface area (Å²) in [6.07, 6.45) is -2.72. The zero-order valence-corrected chi connectivity index (χ0v) is 11.3. The fraction of sp³-hybridized carbons (Fsp3) is 0.571. The number of nitrogens with one attached hydrogen (secondary N) is 1. The molecule has 2 unspecified atom stereocenters. The van der Waals surface area contributed by atoms with Crippen LogP contribution in [0.5, 0.6) is 11.5 Å². The lowest BCUT2D eigenvalue weighted by Gasteiger charge is -2.16. The Bertz CT molecular complexity index is 442. The van der Waals surface area contributed by atoms with Gasteiger partial charge in [0.25, 0.3) is 6.43 Å². The number of rotatable bonds is 7. The second-order valence-corrected chi connectivity index (χ2v) is 4.94. The Hall–Kier alpha value is -1.40. The largest absolute Gasteiger partial charge is 0.454 e. The maximum atomic E-state index is 12.1. The van der Waals surface area contributed by atoms with Gasteiger partial charge in [0.15, 0.2) is 11.5 Å². The number of aliphatic hydroxyl groups excluding tert-OH is 1. The Labute approximate surface area is 116 Å². The van der Waals surface area contributed by atoms with Crippen LogP contribution in [0.25, 0.3) is 0 Å². The van der Waals surface area contributed by atoms with Crippen LogP contribution in [0.4, 0.5) is 8.78 Å². The van der Waals surface area contributed by atoms with Gasteiger partial charge in [-0.3, -0.25) is 0 Å². The molecule has 1 aliphatic rings. The Kier molecular flexibility index (Phi) is 5.14. The second kappa shape index (κ2) is 6.85. The zero-order valence-electron chi connectivity index (χ0n) is 11.3. The summed E-state index contributed by atoms with van der Waals surface area (Å²) in [5.74, 6) is 1.50. The highest BCUT2D eigenvalue weighted by Gasteiger charge is 2.17. The van der Waals surface area contributed by atoms with Gasteiger partial charge >= 0.3 is 0 Å². The molecule has 0 aliphatic carbocycles. The molecule has 0 bridgehead atoms. The van der Waals surface area contributed by atoms with Gasteiger partial charge in [-0.1, -0.05) is 6.07 Å². The molecule has 0 amide bonds. The first-order chi connectivity index (χ1) is 9.56. The summed E-state index contributed by atoms with van der Waals surface area (Å²) in [7, 11) is 0. The number of hydrogen-bond acceptors (Lipinski definition) is 4. The van der Waals surface area contributed by atoms with E-state index in [1.54, 1.807) is 0 Å². The predicted octanol–water partition coefficient (Wildman–Crippen LogP) is 1.95. The van der Waals surface area contributed by atoms with Gasteiger partial charge in [-0.15, -0.1) is 0 Å². The van der Waals surface area contributed by atoms with Crippen LogP contribution in [0.3, 0.4) is 0 Å². The highest BCUT2D eigenvalue weighted by Crippen LogP contribution is 2.32. The molecule has 20 heavy (non-hydrogen) atoms. The molecule has 0 aromatic heterocycles. The molecule has 0 saturated carbocycles. The minimum atomic E-state index is -2.71. The summed E-state index contributed by atoms with van der Waals surface area (Å²) in [5, 5.41) is 11.9. The molecular weight excluding hydrogens is 268 g/mol. The second-order valence-electron chi connectivity index (χ2n) is 4.94. The SMILES string of the molecule is CC(CCc1ccc2c(c1)OCO2)NCC(O)C(F)F. The van der Waals surface area contributed by atoms with E-state index in [9.17, 15) is 8.78 Å². The van der Waals surface area contributed by atoms with E-state index in [-0.39, 0.29) is 19.4 Å². The summed E-state index contributed by atoms with van der Waals surface area (Å²) < 4.78 is 34.8. The van der Waals surface area contributed by atoms with Crippen LogP contribution in [-0.2, 0) is 6.42 Å². The molecular formula is C14H19F2NO3. The summed E-state index contributed by atoms with van der Waals surface area (Å²) in [6.45, 7) is 2.06. The molecule has 2 atom stereocenters. The van der Waals surface area contributed by atoms with Crippen molar-refractivity contribution >= 4 is 0 Å². The number of alkyl halides is 2. The predicted molar refractivity (Wildman–Crippen MR) is 70.4 cm³/mol. The summed E-state index contributed by atoms with van der Waals surface area (Å²) in [5.41, 5.74) is 1.11. The van der Waals surface area contributed by atoms with Crippen LogP contribution in [0.2, 0.25) is 0 Å². The number of fused-ring (bicyclic) bond motifs is 1. The first-order valence-electron chi connectivity index (χ1n) is 6.64. The van der Waals surface area contributed by atoms with Gasteiger partial charge in [-0.2, -0.15) is 0 Å². The van der Waals surface area contributed by atoms with Gasteiger partial charge in [0.2, 0.25) is 6.79 Å². The highest BCUT2D eigenvalue weighted by atomic mass is 19.3. The third-order valence-corrected chi connectivity index (χ3v) is 3.27. The molecule has 0 fully saturated rings. The molecule has 1 heterocycles.